The zero-order chi connectivity index (χ0) is 25.5. The minimum Gasteiger partial charge on any atom is -0.453 e. The topological polar surface area (TPSA) is 131 Å². The molecule has 3 aromatic rings. The van der Waals surface area contributed by atoms with Gasteiger partial charge in [0, 0.05) is 43.5 Å². The molecule has 0 saturated carbocycles. The first kappa shape index (κ1) is 24.9. The van der Waals surface area contributed by atoms with E-state index in [0.29, 0.717) is 11.4 Å². The highest BCUT2D eigenvalue weighted by atomic mass is 16.6. The summed E-state index contributed by atoms with van der Waals surface area (Å²) in [5.74, 6) is -0.965. The molecule has 0 fully saturated rings. The lowest BCUT2D eigenvalue weighted by molar-refractivity contribution is -0.384. The lowest BCUT2D eigenvalue weighted by atomic mass is 9.97. The van der Waals surface area contributed by atoms with Crippen LogP contribution in [0.1, 0.15) is 31.8 Å². The maximum absolute atomic E-state index is 13.2. The van der Waals surface area contributed by atoms with Crippen LogP contribution in [0.3, 0.4) is 0 Å². The lowest BCUT2D eigenvalue weighted by Gasteiger charge is -2.14. The number of benzene rings is 3. The second-order valence-corrected chi connectivity index (χ2v) is 7.73. The van der Waals surface area contributed by atoms with Crippen LogP contribution in [0.4, 0.5) is 21.9 Å². The predicted molar refractivity (Wildman–Crippen MR) is 131 cm³/mol. The van der Waals surface area contributed by atoms with Gasteiger partial charge in [-0.05, 0) is 35.9 Å². The van der Waals surface area contributed by atoms with E-state index in [-0.39, 0.29) is 28.9 Å². The largest absolute Gasteiger partial charge is 0.453 e. The van der Waals surface area contributed by atoms with Crippen molar-refractivity contribution in [3.63, 3.8) is 0 Å². The number of rotatable bonds is 8. The van der Waals surface area contributed by atoms with E-state index in [1.807, 2.05) is 0 Å². The van der Waals surface area contributed by atoms with Gasteiger partial charge in [-0.1, -0.05) is 30.3 Å². The maximum Gasteiger partial charge on any atom is 0.411 e. The third kappa shape index (κ3) is 5.99. The Kier molecular flexibility index (Phi) is 7.77. The van der Waals surface area contributed by atoms with E-state index in [4.69, 9.17) is 0 Å². The molecule has 0 aliphatic rings. The van der Waals surface area contributed by atoms with Crippen LogP contribution >= 0.6 is 0 Å². The molecule has 2 N–H and O–H groups in total. The number of hydrogen-bond acceptors (Lipinski definition) is 7. The van der Waals surface area contributed by atoms with Gasteiger partial charge in [0.2, 0.25) is 0 Å². The van der Waals surface area contributed by atoms with Crippen LogP contribution in [0, 0.1) is 10.1 Å². The quantitative estimate of drug-likeness (QED) is 0.285. The van der Waals surface area contributed by atoms with Gasteiger partial charge in [0.05, 0.1) is 17.6 Å². The molecule has 10 heteroatoms. The fraction of sp³-hybridized carbons (Fsp3) is 0.160. The standard InChI is InChI=1S/C25H24N4O6/c1-28(2)21-13-10-17(14-22(21)29(33)34)23(30)19-6-4-5-7-20(19)24(31)26-15-16-8-11-18(12-9-16)27-25(32)35-3/h4-14H,15H2,1-3H3,(H,26,31)(H,27,32). The normalized spacial score (nSPS) is 10.3. The van der Waals surface area contributed by atoms with Gasteiger partial charge in [-0.2, -0.15) is 0 Å². The third-order valence-electron chi connectivity index (χ3n) is 5.17. The molecule has 0 aliphatic heterocycles. The van der Waals surface area contributed by atoms with Crippen molar-refractivity contribution in [1.29, 1.82) is 0 Å². The Morgan fingerprint density at radius 2 is 1.63 bits per heavy atom. The molecule has 3 aromatic carbocycles. The van der Waals surface area contributed by atoms with Crippen molar-refractivity contribution >= 4 is 34.8 Å². The van der Waals surface area contributed by atoms with Crippen molar-refractivity contribution in [2.45, 2.75) is 6.54 Å². The Morgan fingerprint density at radius 1 is 0.971 bits per heavy atom. The number of ketones is 1. The fourth-order valence-electron chi connectivity index (χ4n) is 3.38. The molecule has 0 radical (unpaired) electrons. The van der Waals surface area contributed by atoms with Gasteiger partial charge < -0.3 is 15.0 Å². The molecule has 180 valence electrons. The number of nitro groups is 1. The van der Waals surface area contributed by atoms with Gasteiger partial charge in [0.1, 0.15) is 5.69 Å². The molecule has 3 rings (SSSR count). The average Bonchev–Trinajstić information content (AvgIpc) is 2.87. The van der Waals surface area contributed by atoms with Gasteiger partial charge in [0.25, 0.3) is 11.6 Å². The van der Waals surface area contributed by atoms with Crippen molar-refractivity contribution < 1.29 is 24.0 Å². The number of carbonyl (C=O) groups is 3. The minimum absolute atomic E-state index is 0.108. The van der Waals surface area contributed by atoms with E-state index in [0.717, 1.165) is 5.56 Å². The Balaban J connectivity index is 1.78. The van der Waals surface area contributed by atoms with Crippen LogP contribution in [-0.4, -0.2) is 43.9 Å². The zero-order valence-corrected chi connectivity index (χ0v) is 19.4. The van der Waals surface area contributed by atoms with E-state index in [1.165, 1.54) is 37.4 Å². The summed E-state index contributed by atoms with van der Waals surface area (Å²) in [7, 11) is 4.61. The molecule has 0 aromatic heterocycles. The number of ether oxygens (including phenoxy) is 1. The number of anilines is 2. The second-order valence-electron chi connectivity index (χ2n) is 7.73. The molecular weight excluding hydrogens is 452 g/mol. The molecule has 0 heterocycles. The van der Waals surface area contributed by atoms with Crippen molar-refractivity contribution in [2.24, 2.45) is 0 Å². The van der Waals surface area contributed by atoms with Crippen molar-refractivity contribution in [1.82, 2.24) is 5.32 Å². The summed E-state index contributed by atoms with van der Waals surface area (Å²) in [6.45, 7) is 0.183. The average molecular weight is 476 g/mol. The van der Waals surface area contributed by atoms with E-state index >= 15 is 0 Å². The molecule has 2 amide bonds. The summed E-state index contributed by atoms with van der Waals surface area (Å²) in [5, 5.41) is 16.8. The molecule has 0 saturated heterocycles. The first-order valence-electron chi connectivity index (χ1n) is 10.5. The van der Waals surface area contributed by atoms with Gasteiger partial charge in [0.15, 0.2) is 5.78 Å². The van der Waals surface area contributed by atoms with Crippen LogP contribution in [0.15, 0.2) is 66.7 Å². The summed E-state index contributed by atoms with van der Waals surface area (Å²) >= 11 is 0. The van der Waals surface area contributed by atoms with Crippen LogP contribution in [0.5, 0.6) is 0 Å². The summed E-state index contributed by atoms with van der Waals surface area (Å²) in [6.07, 6.45) is -0.589. The summed E-state index contributed by atoms with van der Waals surface area (Å²) in [5.41, 5.74) is 1.87. The molecular formula is C25H24N4O6. The van der Waals surface area contributed by atoms with Crippen LogP contribution in [-0.2, 0) is 11.3 Å². The highest BCUT2D eigenvalue weighted by molar-refractivity contribution is 6.15. The summed E-state index contributed by atoms with van der Waals surface area (Å²) in [6, 6.07) is 17.3. The van der Waals surface area contributed by atoms with E-state index < -0.39 is 22.7 Å². The molecule has 0 unspecified atom stereocenters. The number of amides is 2. The Hall–Kier alpha value is -4.73. The number of nitrogens with zero attached hydrogens (tertiary/aromatic N) is 2. The van der Waals surface area contributed by atoms with Gasteiger partial charge >= 0.3 is 6.09 Å². The Morgan fingerprint density at radius 3 is 2.23 bits per heavy atom. The number of hydrogen-bond donors (Lipinski definition) is 2. The van der Waals surface area contributed by atoms with Crippen molar-refractivity contribution in [3.05, 3.63) is 99.1 Å². The highest BCUT2D eigenvalue weighted by Crippen LogP contribution is 2.29. The maximum atomic E-state index is 13.2. The number of nitro benzene ring substituents is 1. The highest BCUT2D eigenvalue weighted by Gasteiger charge is 2.22. The number of nitrogens with one attached hydrogen (secondary N) is 2. The first-order chi connectivity index (χ1) is 16.7. The van der Waals surface area contributed by atoms with E-state index in [9.17, 15) is 24.5 Å². The number of methoxy groups -OCH3 is 1. The molecule has 10 nitrogen and oxygen atoms in total. The molecule has 0 bridgehead atoms. The van der Waals surface area contributed by atoms with E-state index in [2.05, 4.69) is 15.4 Å². The van der Waals surface area contributed by atoms with Crippen LogP contribution in [0.2, 0.25) is 0 Å². The minimum atomic E-state index is -0.589. The van der Waals surface area contributed by atoms with Gasteiger partial charge in [-0.3, -0.25) is 25.0 Å². The van der Waals surface area contributed by atoms with E-state index in [1.54, 1.807) is 55.4 Å². The second kappa shape index (κ2) is 10.9. The van der Waals surface area contributed by atoms with Crippen molar-refractivity contribution in [3.8, 4) is 0 Å². The van der Waals surface area contributed by atoms with Gasteiger partial charge in [-0.15, -0.1) is 0 Å². The van der Waals surface area contributed by atoms with Crippen LogP contribution in [0.25, 0.3) is 0 Å². The molecule has 0 aliphatic carbocycles. The zero-order valence-electron chi connectivity index (χ0n) is 19.4. The first-order valence-corrected chi connectivity index (χ1v) is 10.5. The fourth-order valence-corrected chi connectivity index (χ4v) is 3.38. The SMILES string of the molecule is COC(=O)Nc1ccc(CNC(=O)c2ccccc2C(=O)c2ccc(N(C)C)c([N+](=O)[O-])c2)cc1. The lowest BCUT2D eigenvalue weighted by Crippen LogP contribution is -2.25. The predicted octanol–water partition coefficient (Wildman–Crippen LogP) is 4.00. The smallest absolute Gasteiger partial charge is 0.411 e. The van der Waals surface area contributed by atoms with Crippen LogP contribution < -0.4 is 15.5 Å². The number of carbonyl (C=O) groups excluding carboxylic acids is 3. The Bertz CT molecular complexity index is 1270. The summed E-state index contributed by atoms with van der Waals surface area (Å²) in [4.78, 5) is 49.9. The molecule has 35 heavy (non-hydrogen) atoms. The van der Waals surface area contributed by atoms with Gasteiger partial charge in [-0.25, -0.2) is 4.79 Å². The van der Waals surface area contributed by atoms with Crippen molar-refractivity contribution in [2.75, 3.05) is 31.4 Å². The Labute approximate surface area is 201 Å². The molecule has 0 atom stereocenters. The monoisotopic (exact) mass is 476 g/mol. The summed E-state index contributed by atoms with van der Waals surface area (Å²) < 4.78 is 4.54. The third-order valence-corrected chi connectivity index (χ3v) is 5.17. The molecule has 0 spiro atoms.